The third-order valence-electron chi connectivity index (χ3n) is 5.60. The summed E-state index contributed by atoms with van der Waals surface area (Å²) in [4.78, 5) is 14.8. The number of para-hydroxylation sites is 1. The number of ether oxygens (including phenoxy) is 1. The second-order valence-electron chi connectivity index (χ2n) is 7.71. The van der Waals surface area contributed by atoms with Crippen LogP contribution in [0.1, 0.15) is 6.42 Å². The Labute approximate surface area is 175 Å². The summed E-state index contributed by atoms with van der Waals surface area (Å²) in [6, 6.07) is 25.9. The van der Waals surface area contributed by atoms with Crippen molar-refractivity contribution in [1.29, 1.82) is 0 Å². The number of benzene rings is 3. The van der Waals surface area contributed by atoms with Gasteiger partial charge in [0.05, 0.1) is 0 Å². The predicted molar refractivity (Wildman–Crippen MR) is 120 cm³/mol. The van der Waals surface area contributed by atoms with E-state index in [4.69, 9.17) is 4.74 Å². The van der Waals surface area contributed by atoms with Gasteiger partial charge in [0, 0.05) is 42.2 Å². The van der Waals surface area contributed by atoms with Gasteiger partial charge < -0.3 is 25.6 Å². The molecule has 0 saturated carbocycles. The fourth-order valence-electron chi connectivity index (χ4n) is 4.14. The standard InChI is InChI=1S/C24H24N4O2/c29-24(27-18-8-12-23(13-9-18)30-22-4-2-1-3-5-22)26-17-6-10-20(11-7-17)28-16-19-14-21(28)15-25-19/h1-13,19,21,25H,14-16H2,(H2,26,27,29)/t19-,21-/m0/s1. The summed E-state index contributed by atoms with van der Waals surface area (Å²) in [5.41, 5.74) is 2.68. The molecular formula is C24H24N4O2. The molecule has 6 heteroatoms. The smallest absolute Gasteiger partial charge is 0.323 e. The lowest BCUT2D eigenvalue weighted by atomic mass is 10.2. The Balaban J connectivity index is 1.15. The highest BCUT2D eigenvalue weighted by atomic mass is 16.5. The monoisotopic (exact) mass is 400 g/mol. The number of nitrogens with zero attached hydrogens (tertiary/aromatic N) is 1. The fraction of sp³-hybridized carbons (Fsp3) is 0.208. The van der Waals surface area contributed by atoms with Crippen LogP contribution in [-0.4, -0.2) is 31.2 Å². The maximum absolute atomic E-state index is 12.3. The van der Waals surface area contributed by atoms with Crippen molar-refractivity contribution in [2.45, 2.75) is 18.5 Å². The highest BCUT2D eigenvalue weighted by molar-refractivity contribution is 5.99. The molecular weight excluding hydrogens is 376 g/mol. The van der Waals surface area contributed by atoms with Gasteiger partial charge in [-0.15, -0.1) is 0 Å². The molecule has 2 amide bonds. The van der Waals surface area contributed by atoms with E-state index in [1.165, 1.54) is 12.1 Å². The molecule has 152 valence electrons. The normalized spacial score (nSPS) is 19.5. The Kier molecular flexibility index (Phi) is 4.99. The Morgan fingerprint density at radius 2 is 1.50 bits per heavy atom. The number of hydrogen-bond acceptors (Lipinski definition) is 4. The van der Waals surface area contributed by atoms with Gasteiger partial charge in [-0.1, -0.05) is 18.2 Å². The zero-order valence-electron chi connectivity index (χ0n) is 16.5. The Morgan fingerprint density at radius 1 is 0.867 bits per heavy atom. The molecule has 0 radical (unpaired) electrons. The van der Waals surface area contributed by atoms with Crippen molar-refractivity contribution in [3.8, 4) is 11.5 Å². The van der Waals surface area contributed by atoms with Gasteiger partial charge in [-0.05, 0) is 67.1 Å². The highest BCUT2D eigenvalue weighted by Gasteiger charge is 2.37. The molecule has 2 aliphatic heterocycles. The number of nitrogens with one attached hydrogen (secondary N) is 3. The minimum absolute atomic E-state index is 0.274. The molecule has 2 saturated heterocycles. The minimum Gasteiger partial charge on any atom is -0.457 e. The third kappa shape index (κ3) is 4.09. The molecule has 6 nitrogen and oxygen atoms in total. The zero-order chi connectivity index (χ0) is 20.3. The van der Waals surface area contributed by atoms with Crippen LogP contribution < -0.4 is 25.6 Å². The molecule has 3 N–H and O–H groups in total. The van der Waals surface area contributed by atoms with Crippen molar-refractivity contribution >= 4 is 23.1 Å². The first-order valence-corrected chi connectivity index (χ1v) is 10.2. The highest BCUT2D eigenvalue weighted by Crippen LogP contribution is 2.30. The molecule has 3 aromatic carbocycles. The average Bonchev–Trinajstić information content (AvgIpc) is 3.40. The van der Waals surface area contributed by atoms with Gasteiger partial charge in [-0.3, -0.25) is 0 Å². The largest absolute Gasteiger partial charge is 0.457 e. The fourth-order valence-corrected chi connectivity index (χ4v) is 4.14. The van der Waals surface area contributed by atoms with Crippen LogP contribution in [0.2, 0.25) is 0 Å². The summed E-state index contributed by atoms with van der Waals surface area (Å²) >= 11 is 0. The van der Waals surface area contributed by atoms with Crippen LogP contribution in [0.5, 0.6) is 11.5 Å². The van der Waals surface area contributed by atoms with Gasteiger partial charge >= 0.3 is 6.03 Å². The quantitative estimate of drug-likeness (QED) is 0.582. The van der Waals surface area contributed by atoms with Crippen LogP contribution in [0.4, 0.5) is 21.9 Å². The molecule has 3 aromatic rings. The Hall–Kier alpha value is -3.51. The molecule has 2 aliphatic rings. The van der Waals surface area contributed by atoms with Crippen molar-refractivity contribution in [3.05, 3.63) is 78.9 Å². The van der Waals surface area contributed by atoms with E-state index in [-0.39, 0.29) is 6.03 Å². The van der Waals surface area contributed by atoms with Crippen LogP contribution >= 0.6 is 0 Å². The molecule has 2 heterocycles. The van der Waals surface area contributed by atoms with Gasteiger partial charge in [0.15, 0.2) is 0 Å². The summed E-state index contributed by atoms with van der Waals surface area (Å²) in [7, 11) is 0. The van der Waals surface area contributed by atoms with E-state index < -0.39 is 0 Å². The van der Waals surface area contributed by atoms with E-state index in [9.17, 15) is 4.79 Å². The van der Waals surface area contributed by atoms with E-state index in [0.717, 1.165) is 24.5 Å². The number of fused-ring (bicyclic) bond motifs is 2. The summed E-state index contributed by atoms with van der Waals surface area (Å²) in [6.45, 7) is 2.12. The van der Waals surface area contributed by atoms with Gasteiger partial charge in [0.1, 0.15) is 11.5 Å². The zero-order valence-corrected chi connectivity index (χ0v) is 16.5. The van der Waals surface area contributed by atoms with Crippen molar-refractivity contribution in [2.75, 3.05) is 28.6 Å². The molecule has 2 fully saturated rings. The van der Waals surface area contributed by atoms with Gasteiger partial charge in [-0.2, -0.15) is 0 Å². The number of carbonyl (C=O) groups excluding carboxylic acids is 1. The van der Waals surface area contributed by atoms with Crippen LogP contribution in [-0.2, 0) is 0 Å². The average molecular weight is 400 g/mol. The van der Waals surface area contributed by atoms with Gasteiger partial charge in [0.25, 0.3) is 0 Å². The maximum atomic E-state index is 12.3. The van der Waals surface area contributed by atoms with Gasteiger partial charge in [-0.25, -0.2) is 4.79 Å². The van der Waals surface area contributed by atoms with Crippen molar-refractivity contribution in [3.63, 3.8) is 0 Å². The molecule has 2 bridgehead atoms. The summed E-state index contributed by atoms with van der Waals surface area (Å²) < 4.78 is 5.77. The van der Waals surface area contributed by atoms with Crippen LogP contribution in [0.25, 0.3) is 0 Å². The van der Waals surface area contributed by atoms with Crippen molar-refractivity contribution in [2.24, 2.45) is 0 Å². The summed E-state index contributed by atoms with van der Waals surface area (Å²) in [5.74, 6) is 1.49. The first-order chi connectivity index (χ1) is 14.7. The Bertz CT molecular complexity index is 1010. The molecule has 0 spiro atoms. The van der Waals surface area contributed by atoms with E-state index in [0.29, 0.717) is 23.5 Å². The van der Waals surface area contributed by atoms with Crippen molar-refractivity contribution in [1.82, 2.24) is 5.32 Å². The lowest BCUT2D eigenvalue weighted by Gasteiger charge is -2.29. The topological polar surface area (TPSA) is 65.6 Å². The number of carbonyl (C=O) groups is 1. The molecule has 0 aliphatic carbocycles. The number of anilines is 3. The predicted octanol–water partition coefficient (Wildman–Crippen LogP) is 4.67. The van der Waals surface area contributed by atoms with Crippen LogP contribution in [0.15, 0.2) is 78.9 Å². The van der Waals surface area contributed by atoms with E-state index in [2.05, 4.69) is 33.0 Å². The molecule has 0 unspecified atom stereocenters. The van der Waals surface area contributed by atoms with E-state index in [1.54, 1.807) is 0 Å². The van der Waals surface area contributed by atoms with E-state index in [1.807, 2.05) is 66.7 Å². The summed E-state index contributed by atoms with van der Waals surface area (Å²) in [6.07, 6.45) is 1.22. The Morgan fingerprint density at radius 3 is 2.10 bits per heavy atom. The molecule has 0 aromatic heterocycles. The van der Waals surface area contributed by atoms with E-state index >= 15 is 0 Å². The second kappa shape index (κ2) is 8.08. The first-order valence-electron chi connectivity index (χ1n) is 10.2. The van der Waals surface area contributed by atoms with Crippen molar-refractivity contribution < 1.29 is 9.53 Å². The SMILES string of the molecule is O=C(Nc1ccc(Oc2ccccc2)cc1)Nc1ccc(N2C[C@@H]3C[C@H]2CN3)cc1. The summed E-state index contributed by atoms with van der Waals surface area (Å²) in [5, 5.41) is 9.25. The molecule has 30 heavy (non-hydrogen) atoms. The molecule has 2 atom stereocenters. The first kappa shape index (κ1) is 18.5. The number of piperazine rings is 1. The van der Waals surface area contributed by atoms with Crippen LogP contribution in [0.3, 0.4) is 0 Å². The van der Waals surface area contributed by atoms with Crippen LogP contribution in [0, 0.1) is 0 Å². The second-order valence-corrected chi connectivity index (χ2v) is 7.71. The van der Waals surface area contributed by atoms with Gasteiger partial charge in [0.2, 0.25) is 0 Å². The number of hydrogen-bond donors (Lipinski definition) is 3. The molecule has 5 rings (SSSR count). The number of rotatable bonds is 5. The number of urea groups is 1. The third-order valence-corrected chi connectivity index (χ3v) is 5.60. The minimum atomic E-state index is -0.274. The lowest BCUT2D eigenvalue weighted by Crippen LogP contribution is -2.43. The maximum Gasteiger partial charge on any atom is 0.323 e. The number of amides is 2. The lowest BCUT2D eigenvalue weighted by molar-refractivity contribution is 0.262.